The first kappa shape index (κ1) is 13.2. The van der Waals surface area contributed by atoms with Gasteiger partial charge in [-0.2, -0.15) is 0 Å². The summed E-state index contributed by atoms with van der Waals surface area (Å²) in [6, 6.07) is 15.2. The van der Waals surface area contributed by atoms with Crippen LogP contribution in [0.2, 0.25) is 5.02 Å². The molecule has 1 aliphatic heterocycles. The Bertz CT molecular complexity index is 642. The average Bonchev–Trinajstić information content (AvgIpc) is 2.76. The molecule has 2 unspecified atom stereocenters. The molecule has 0 bridgehead atoms. The summed E-state index contributed by atoms with van der Waals surface area (Å²) in [5.41, 5.74) is 2.89. The van der Waals surface area contributed by atoms with Gasteiger partial charge in [-0.1, -0.05) is 41.9 Å². The monoisotopic (exact) mass is 286 g/mol. The van der Waals surface area contributed by atoms with E-state index in [0.717, 1.165) is 16.8 Å². The zero-order valence-electron chi connectivity index (χ0n) is 11.1. The maximum absolute atomic E-state index is 12.1. The third-order valence-electron chi connectivity index (χ3n) is 3.56. The van der Waals surface area contributed by atoms with Gasteiger partial charge in [0, 0.05) is 22.3 Å². The number of carbonyl (C=O) groups excluding carboxylic acids is 1. The molecule has 1 amide bonds. The lowest BCUT2D eigenvalue weighted by Gasteiger charge is -2.19. The van der Waals surface area contributed by atoms with E-state index in [1.54, 1.807) is 6.07 Å². The Hall–Kier alpha value is -1.84. The fraction of sp³-hybridized carbons (Fsp3) is 0.188. The minimum Gasteiger partial charge on any atom is -0.324 e. The normalized spacial score (nSPS) is 18.5. The van der Waals surface area contributed by atoms with Crippen LogP contribution in [0.25, 0.3) is 0 Å². The van der Waals surface area contributed by atoms with Gasteiger partial charge in [-0.25, -0.2) is 0 Å². The van der Waals surface area contributed by atoms with Gasteiger partial charge in [0.2, 0.25) is 5.91 Å². The van der Waals surface area contributed by atoms with Gasteiger partial charge >= 0.3 is 0 Å². The number of anilines is 1. The molecule has 0 aliphatic carbocycles. The molecule has 2 atom stereocenters. The predicted molar refractivity (Wildman–Crippen MR) is 80.8 cm³/mol. The second-order valence-electron chi connectivity index (χ2n) is 4.95. The van der Waals surface area contributed by atoms with Crippen LogP contribution in [0, 0.1) is 0 Å². The van der Waals surface area contributed by atoms with E-state index in [4.69, 9.17) is 11.6 Å². The summed E-state index contributed by atoms with van der Waals surface area (Å²) in [5, 5.41) is 6.87. The van der Waals surface area contributed by atoms with Crippen molar-refractivity contribution in [2.24, 2.45) is 0 Å². The molecule has 1 aliphatic rings. The van der Waals surface area contributed by atoms with Crippen molar-refractivity contribution in [2.75, 3.05) is 5.32 Å². The number of halogens is 1. The highest BCUT2D eigenvalue weighted by molar-refractivity contribution is 6.31. The Balaban J connectivity index is 1.85. The van der Waals surface area contributed by atoms with Gasteiger partial charge in [0.05, 0.1) is 0 Å². The molecular weight excluding hydrogens is 272 g/mol. The van der Waals surface area contributed by atoms with Crippen molar-refractivity contribution in [1.29, 1.82) is 0 Å². The van der Waals surface area contributed by atoms with Crippen molar-refractivity contribution in [2.45, 2.75) is 19.0 Å². The molecule has 2 aromatic carbocycles. The van der Waals surface area contributed by atoms with E-state index in [-0.39, 0.29) is 18.0 Å². The highest BCUT2D eigenvalue weighted by atomic mass is 35.5. The van der Waals surface area contributed by atoms with Crippen molar-refractivity contribution >= 4 is 23.2 Å². The zero-order valence-corrected chi connectivity index (χ0v) is 11.8. The maximum Gasteiger partial charge on any atom is 0.246 e. The number of carbonyl (C=O) groups is 1. The van der Waals surface area contributed by atoms with Crippen molar-refractivity contribution in [3.63, 3.8) is 0 Å². The van der Waals surface area contributed by atoms with E-state index >= 15 is 0 Å². The predicted octanol–water partition coefficient (Wildman–Crippen LogP) is 3.68. The molecule has 0 spiro atoms. The average molecular weight is 287 g/mol. The van der Waals surface area contributed by atoms with E-state index in [2.05, 4.69) is 10.6 Å². The van der Waals surface area contributed by atoms with Crippen LogP contribution in [-0.4, -0.2) is 5.91 Å². The molecule has 20 heavy (non-hydrogen) atoms. The summed E-state index contributed by atoms with van der Waals surface area (Å²) >= 11 is 6.02. The molecule has 0 aromatic heterocycles. The minimum atomic E-state index is -0.362. The third kappa shape index (κ3) is 2.42. The number of nitrogens with one attached hydrogen (secondary N) is 2. The lowest BCUT2D eigenvalue weighted by Crippen LogP contribution is -2.29. The molecule has 2 aromatic rings. The summed E-state index contributed by atoms with van der Waals surface area (Å²) in [7, 11) is 0. The second-order valence-corrected chi connectivity index (χ2v) is 5.39. The Morgan fingerprint density at radius 1 is 1.20 bits per heavy atom. The van der Waals surface area contributed by atoms with Gasteiger partial charge in [0.25, 0.3) is 0 Å². The topological polar surface area (TPSA) is 41.1 Å². The van der Waals surface area contributed by atoms with Crippen molar-refractivity contribution in [1.82, 2.24) is 5.32 Å². The van der Waals surface area contributed by atoms with Gasteiger partial charge in [-0.3, -0.25) is 10.1 Å². The van der Waals surface area contributed by atoms with Gasteiger partial charge in [-0.15, -0.1) is 0 Å². The summed E-state index contributed by atoms with van der Waals surface area (Å²) in [6.45, 7) is 2.05. The molecule has 4 heteroatoms. The molecule has 102 valence electrons. The Kier molecular flexibility index (Phi) is 3.47. The maximum atomic E-state index is 12.1. The van der Waals surface area contributed by atoms with E-state index in [0.29, 0.717) is 5.02 Å². The molecule has 3 nitrogen and oxygen atoms in total. The van der Waals surface area contributed by atoms with Gasteiger partial charge in [0.15, 0.2) is 0 Å². The molecule has 3 rings (SSSR count). The quantitative estimate of drug-likeness (QED) is 0.903. The SMILES string of the molecule is CC(NC1C(=O)Nc2ccc(Cl)cc21)c1ccccc1. The van der Waals surface area contributed by atoms with E-state index in [1.165, 1.54) is 0 Å². The summed E-state index contributed by atoms with van der Waals surface area (Å²) < 4.78 is 0. The van der Waals surface area contributed by atoms with Crippen LogP contribution in [-0.2, 0) is 4.79 Å². The molecule has 0 radical (unpaired) electrons. The Labute approximate surface area is 123 Å². The summed E-state index contributed by atoms with van der Waals surface area (Å²) in [4.78, 5) is 12.1. The van der Waals surface area contributed by atoms with Crippen LogP contribution in [0.1, 0.15) is 30.1 Å². The van der Waals surface area contributed by atoms with Gasteiger partial charge < -0.3 is 5.32 Å². The minimum absolute atomic E-state index is 0.0370. The van der Waals surface area contributed by atoms with E-state index < -0.39 is 0 Å². The van der Waals surface area contributed by atoms with Crippen LogP contribution >= 0.6 is 11.6 Å². The van der Waals surface area contributed by atoms with Crippen LogP contribution in [0.4, 0.5) is 5.69 Å². The highest BCUT2D eigenvalue weighted by Gasteiger charge is 2.31. The van der Waals surface area contributed by atoms with Gasteiger partial charge in [-0.05, 0) is 30.7 Å². The molecule has 0 saturated carbocycles. The lowest BCUT2D eigenvalue weighted by molar-refractivity contribution is -0.117. The number of benzene rings is 2. The number of hydrogen-bond acceptors (Lipinski definition) is 2. The highest BCUT2D eigenvalue weighted by Crippen LogP contribution is 2.34. The first-order valence-electron chi connectivity index (χ1n) is 6.56. The molecule has 2 N–H and O–H groups in total. The first-order valence-corrected chi connectivity index (χ1v) is 6.94. The Morgan fingerprint density at radius 3 is 2.70 bits per heavy atom. The number of rotatable bonds is 3. The van der Waals surface area contributed by atoms with Crippen molar-refractivity contribution in [3.8, 4) is 0 Å². The van der Waals surface area contributed by atoms with Crippen LogP contribution in [0.3, 0.4) is 0 Å². The Morgan fingerprint density at radius 2 is 1.95 bits per heavy atom. The summed E-state index contributed by atoms with van der Waals surface area (Å²) in [5.74, 6) is -0.0370. The number of fused-ring (bicyclic) bond motifs is 1. The van der Waals surface area contributed by atoms with E-state index in [9.17, 15) is 4.79 Å². The fourth-order valence-electron chi connectivity index (χ4n) is 2.49. The fourth-order valence-corrected chi connectivity index (χ4v) is 2.67. The van der Waals surface area contributed by atoms with Crippen molar-refractivity contribution < 1.29 is 4.79 Å². The standard InChI is InChI=1S/C16H15ClN2O/c1-10(11-5-3-2-4-6-11)18-15-13-9-12(17)7-8-14(13)19-16(15)20/h2-10,15,18H,1H3,(H,19,20). The lowest BCUT2D eigenvalue weighted by atomic mass is 10.0. The zero-order chi connectivity index (χ0) is 14.1. The smallest absolute Gasteiger partial charge is 0.246 e. The molecule has 1 heterocycles. The van der Waals surface area contributed by atoms with Gasteiger partial charge in [0.1, 0.15) is 6.04 Å². The molecule has 0 fully saturated rings. The van der Waals surface area contributed by atoms with E-state index in [1.807, 2.05) is 49.4 Å². The molecule has 0 saturated heterocycles. The first-order chi connectivity index (χ1) is 9.65. The summed E-state index contributed by atoms with van der Waals surface area (Å²) in [6.07, 6.45) is 0. The number of hydrogen-bond donors (Lipinski definition) is 2. The van der Waals surface area contributed by atoms with Crippen LogP contribution in [0.15, 0.2) is 48.5 Å². The van der Waals surface area contributed by atoms with Crippen molar-refractivity contribution in [3.05, 3.63) is 64.7 Å². The second kappa shape index (κ2) is 5.27. The molecular formula is C16H15ClN2O. The van der Waals surface area contributed by atoms with Crippen LogP contribution in [0.5, 0.6) is 0 Å². The number of amides is 1. The third-order valence-corrected chi connectivity index (χ3v) is 3.80. The largest absolute Gasteiger partial charge is 0.324 e. The van der Waals surface area contributed by atoms with Crippen LogP contribution < -0.4 is 10.6 Å².